The highest BCUT2D eigenvalue weighted by atomic mass is 16.1. The lowest BCUT2D eigenvalue weighted by Crippen LogP contribution is -2.06. The van der Waals surface area contributed by atoms with E-state index >= 15 is 0 Å². The molecule has 1 aromatic rings. The Hall–Kier alpha value is -1.15. The molecule has 2 heteroatoms. The molecule has 0 N–H and O–H groups in total. The standard InChI is InChI=1S/C13H17NO/c1-10(15)8-9-14-11(2)13(14)12-6-4-3-5-7-12/h3-7,11,13H,8-9H2,1-2H3. The van der Waals surface area contributed by atoms with Gasteiger partial charge in [-0.2, -0.15) is 0 Å². The van der Waals surface area contributed by atoms with Gasteiger partial charge in [0.1, 0.15) is 5.78 Å². The first-order chi connectivity index (χ1) is 7.20. The largest absolute Gasteiger partial charge is 0.300 e. The molecule has 0 aliphatic carbocycles. The van der Waals surface area contributed by atoms with Gasteiger partial charge >= 0.3 is 0 Å². The van der Waals surface area contributed by atoms with Crippen LogP contribution in [0.15, 0.2) is 30.3 Å². The van der Waals surface area contributed by atoms with Gasteiger partial charge in [0.15, 0.2) is 0 Å². The molecule has 1 aliphatic rings. The lowest BCUT2D eigenvalue weighted by molar-refractivity contribution is -0.117. The van der Waals surface area contributed by atoms with Gasteiger partial charge in [-0.25, -0.2) is 0 Å². The molecule has 15 heavy (non-hydrogen) atoms. The summed E-state index contributed by atoms with van der Waals surface area (Å²) < 4.78 is 0. The predicted octanol–water partition coefficient (Wildman–Crippen LogP) is 2.41. The summed E-state index contributed by atoms with van der Waals surface area (Å²) in [6.45, 7) is 4.78. The molecule has 0 spiro atoms. The van der Waals surface area contributed by atoms with Crippen LogP contribution in [0.4, 0.5) is 0 Å². The zero-order chi connectivity index (χ0) is 10.8. The van der Waals surface area contributed by atoms with Crippen molar-refractivity contribution in [3.05, 3.63) is 35.9 Å². The number of Topliss-reactive ketones (excluding diaryl/α,β-unsaturated/α-hetero) is 1. The Labute approximate surface area is 90.9 Å². The lowest BCUT2D eigenvalue weighted by atomic mass is 10.1. The molecule has 1 saturated heterocycles. The maximum absolute atomic E-state index is 10.9. The van der Waals surface area contributed by atoms with Gasteiger partial charge < -0.3 is 0 Å². The van der Waals surface area contributed by atoms with Crippen molar-refractivity contribution in [1.29, 1.82) is 0 Å². The molecule has 2 nitrogen and oxygen atoms in total. The third kappa shape index (κ3) is 2.26. The number of benzene rings is 1. The SMILES string of the molecule is CC(=O)CCN1C(C)C1c1ccccc1. The van der Waals surface area contributed by atoms with Crippen LogP contribution in [-0.4, -0.2) is 23.3 Å². The van der Waals surface area contributed by atoms with Crippen LogP contribution in [-0.2, 0) is 4.79 Å². The second-order valence-electron chi connectivity index (χ2n) is 4.29. The molecule has 0 saturated carbocycles. The van der Waals surface area contributed by atoms with E-state index in [0.29, 0.717) is 18.5 Å². The fourth-order valence-corrected chi connectivity index (χ4v) is 2.16. The monoisotopic (exact) mass is 203 g/mol. The van der Waals surface area contributed by atoms with Crippen molar-refractivity contribution in [2.45, 2.75) is 32.4 Å². The molecule has 80 valence electrons. The summed E-state index contributed by atoms with van der Waals surface area (Å²) in [5.74, 6) is 0.279. The van der Waals surface area contributed by atoms with Crippen molar-refractivity contribution in [3.63, 3.8) is 0 Å². The number of ketones is 1. The Morgan fingerprint density at radius 2 is 2.00 bits per heavy atom. The quantitative estimate of drug-likeness (QED) is 0.700. The maximum atomic E-state index is 10.9. The van der Waals surface area contributed by atoms with Crippen LogP contribution in [0, 0.1) is 0 Å². The van der Waals surface area contributed by atoms with E-state index < -0.39 is 0 Å². The summed E-state index contributed by atoms with van der Waals surface area (Å²) in [6, 6.07) is 11.6. The highest BCUT2D eigenvalue weighted by Gasteiger charge is 2.43. The van der Waals surface area contributed by atoms with E-state index in [9.17, 15) is 4.79 Å². The number of rotatable bonds is 4. The molecule has 2 rings (SSSR count). The fourth-order valence-electron chi connectivity index (χ4n) is 2.16. The van der Waals surface area contributed by atoms with E-state index in [1.807, 2.05) is 6.07 Å². The molecular weight excluding hydrogens is 186 g/mol. The van der Waals surface area contributed by atoms with E-state index in [1.54, 1.807) is 6.92 Å². The molecule has 1 fully saturated rings. The average molecular weight is 203 g/mol. The van der Waals surface area contributed by atoms with Gasteiger partial charge in [-0.1, -0.05) is 30.3 Å². The van der Waals surface area contributed by atoms with Crippen LogP contribution in [0.3, 0.4) is 0 Å². The molecule has 0 aromatic heterocycles. The summed E-state index contributed by atoms with van der Waals surface area (Å²) in [7, 11) is 0. The van der Waals surface area contributed by atoms with E-state index in [0.717, 1.165) is 6.54 Å². The molecule has 0 amide bonds. The van der Waals surface area contributed by atoms with Crippen LogP contribution < -0.4 is 0 Å². The fraction of sp³-hybridized carbons (Fsp3) is 0.462. The minimum absolute atomic E-state index is 0.279. The molecule has 3 unspecified atom stereocenters. The maximum Gasteiger partial charge on any atom is 0.131 e. The summed E-state index contributed by atoms with van der Waals surface area (Å²) in [4.78, 5) is 13.3. The zero-order valence-corrected chi connectivity index (χ0v) is 9.31. The third-order valence-corrected chi connectivity index (χ3v) is 3.11. The molecule has 3 atom stereocenters. The highest BCUT2D eigenvalue weighted by Crippen LogP contribution is 2.42. The van der Waals surface area contributed by atoms with Gasteiger partial charge in [0.25, 0.3) is 0 Å². The Morgan fingerprint density at radius 1 is 1.33 bits per heavy atom. The van der Waals surface area contributed by atoms with Crippen molar-refractivity contribution in [2.24, 2.45) is 0 Å². The predicted molar refractivity (Wildman–Crippen MR) is 60.6 cm³/mol. The van der Waals surface area contributed by atoms with Crippen molar-refractivity contribution in [2.75, 3.05) is 6.54 Å². The Bertz CT molecular complexity index is 347. The number of carbonyl (C=O) groups excluding carboxylic acids is 1. The van der Waals surface area contributed by atoms with E-state index in [4.69, 9.17) is 0 Å². The van der Waals surface area contributed by atoms with Gasteiger partial charge in [-0.15, -0.1) is 0 Å². The van der Waals surface area contributed by atoms with Crippen molar-refractivity contribution >= 4 is 5.78 Å². The first-order valence-corrected chi connectivity index (χ1v) is 5.50. The Kier molecular flexibility index (Phi) is 2.87. The number of carbonyl (C=O) groups is 1. The molecule has 0 bridgehead atoms. The van der Waals surface area contributed by atoms with Gasteiger partial charge in [0.2, 0.25) is 0 Å². The summed E-state index contributed by atoms with van der Waals surface area (Å²) in [5, 5.41) is 0. The van der Waals surface area contributed by atoms with Crippen molar-refractivity contribution in [1.82, 2.24) is 4.90 Å². The normalized spacial score (nSPS) is 28.8. The molecule has 1 heterocycles. The number of hydrogen-bond donors (Lipinski definition) is 0. The summed E-state index contributed by atoms with van der Waals surface area (Å²) in [5.41, 5.74) is 1.37. The Morgan fingerprint density at radius 3 is 2.60 bits per heavy atom. The minimum atomic E-state index is 0.279. The summed E-state index contributed by atoms with van der Waals surface area (Å²) >= 11 is 0. The second kappa shape index (κ2) is 4.15. The summed E-state index contributed by atoms with van der Waals surface area (Å²) in [6.07, 6.45) is 0.674. The molecule has 1 aromatic carbocycles. The van der Waals surface area contributed by atoms with Crippen LogP contribution >= 0.6 is 0 Å². The molecule has 0 radical (unpaired) electrons. The van der Waals surface area contributed by atoms with Gasteiger partial charge in [-0.3, -0.25) is 9.69 Å². The van der Waals surface area contributed by atoms with Crippen LogP contribution in [0.5, 0.6) is 0 Å². The topological polar surface area (TPSA) is 20.1 Å². The number of nitrogens with zero attached hydrogens (tertiary/aromatic N) is 1. The first kappa shape index (κ1) is 10.4. The van der Waals surface area contributed by atoms with Crippen LogP contribution in [0.1, 0.15) is 31.9 Å². The first-order valence-electron chi connectivity index (χ1n) is 5.50. The third-order valence-electron chi connectivity index (χ3n) is 3.11. The van der Waals surface area contributed by atoms with Gasteiger partial charge in [0, 0.05) is 19.0 Å². The van der Waals surface area contributed by atoms with Crippen molar-refractivity contribution < 1.29 is 4.79 Å². The average Bonchev–Trinajstić information content (AvgIpc) is 2.87. The second-order valence-corrected chi connectivity index (χ2v) is 4.29. The van der Waals surface area contributed by atoms with Crippen LogP contribution in [0.25, 0.3) is 0 Å². The molecule has 1 aliphatic heterocycles. The van der Waals surface area contributed by atoms with Crippen molar-refractivity contribution in [3.8, 4) is 0 Å². The smallest absolute Gasteiger partial charge is 0.131 e. The number of hydrogen-bond acceptors (Lipinski definition) is 2. The van der Waals surface area contributed by atoms with E-state index in [2.05, 4.69) is 36.1 Å². The van der Waals surface area contributed by atoms with Gasteiger partial charge in [-0.05, 0) is 19.4 Å². The minimum Gasteiger partial charge on any atom is -0.300 e. The van der Waals surface area contributed by atoms with E-state index in [1.165, 1.54) is 5.56 Å². The zero-order valence-electron chi connectivity index (χ0n) is 9.31. The Balaban J connectivity index is 1.94. The lowest BCUT2D eigenvalue weighted by Gasteiger charge is -2.01. The van der Waals surface area contributed by atoms with Crippen LogP contribution in [0.2, 0.25) is 0 Å². The molecular formula is C13H17NO. The van der Waals surface area contributed by atoms with Gasteiger partial charge in [0.05, 0.1) is 6.04 Å². The highest BCUT2D eigenvalue weighted by molar-refractivity contribution is 5.75. The van der Waals surface area contributed by atoms with E-state index in [-0.39, 0.29) is 5.78 Å².